The van der Waals surface area contributed by atoms with Gasteiger partial charge in [0.25, 0.3) is 0 Å². The highest BCUT2D eigenvalue weighted by molar-refractivity contribution is 6.34. The van der Waals surface area contributed by atoms with Crippen molar-refractivity contribution in [3.63, 3.8) is 0 Å². The van der Waals surface area contributed by atoms with Gasteiger partial charge < -0.3 is 14.8 Å². The Labute approximate surface area is 214 Å². The Morgan fingerprint density at radius 2 is 1.86 bits per heavy atom. The summed E-state index contributed by atoms with van der Waals surface area (Å²) >= 11 is 12.9. The van der Waals surface area contributed by atoms with Gasteiger partial charge in [-0.05, 0) is 31.0 Å². The molecule has 1 amide bonds. The predicted molar refractivity (Wildman–Crippen MR) is 138 cm³/mol. The lowest BCUT2D eigenvalue weighted by atomic mass is 9.95. The van der Waals surface area contributed by atoms with Crippen molar-refractivity contribution >= 4 is 45.8 Å². The molecule has 188 valence electrons. The van der Waals surface area contributed by atoms with Crippen LogP contribution in [0.15, 0.2) is 24.3 Å². The summed E-state index contributed by atoms with van der Waals surface area (Å²) in [5.74, 6) is 0.0196. The first-order valence-corrected chi connectivity index (χ1v) is 12.5. The molecule has 1 aliphatic rings. The number of hydrogen-bond donors (Lipinski definition) is 1. The van der Waals surface area contributed by atoms with Gasteiger partial charge in [0.05, 0.1) is 21.7 Å². The molecule has 0 radical (unpaired) electrons. The van der Waals surface area contributed by atoms with Crippen molar-refractivity contribution in [2.75, 3.05) is 18.0 Å². The van der Waals surface area contributed by atoms with Crippen molar-refractivity contribution in [1.29, 1.82) is 0 Å². The summed E-state index contributed by atoms with van der Waals surface area (Å²) in [6.45, 7) is 6.70. The van der Waals surface area contributed by atoms with Crippen LogP contribution in [0, 0.1) is 11.2 Å². The van der Waals surface area contributed by atoms with Crippen molar-refractivity contribution in [1.82, 2.24) is 14.9 Å². The van der Waals surface area contributed by atoms with Gasteiger partial charge in [-0.25, -0.2) is 13.8 Å². The smallest absolute Gasteiger partial charge is 0.225 e. The predicted octanol–water partition coefficient (Wildman–Crippen LogP) is 6.21. The lowest BCUT2D eigenvalue weighted by Gasteiger charge is -2.31. The average molecular weight is 523 g/mol. The maximum absolute atomic E-state index is 15.4. The normalized spacial score (nSPS) is 15.1. The average Bonchev–Trinajstić information content (AvgIpc) is 3.09. The SMILES string of the molecule is Cn1c(Cc2c(Cl)ccc(CNC(=O)C(C)(C)C)c2F)nc2cc(Cl)c(N3CCC(F)CC3)cc21. The third-order valence-electron chi connectivity index (χ3n) is 6.53. The highest BCUT2D eigenvalue weighted by Gasteiger charge is 2.24. The number of aryl methyl sites for hydroxylation is 1. The first kappa shape index (κ1) is 25.7. The van der Waals surface area contributed by atoms with Crippen molar-refractivity contribution in [2.45, 2.75) is 52.8 Å². The number of carbonyl (C=O) groups is 1. The Hall–Kier alpha value is -2.38. The Kier molecular flexibility index (Phi) is 7.30. The van der Waals surface area contributed by atoms with Gasteiger partial charge in [-0.15, -0.1) is 0 Å². The van der Waals surface area contributed by atoms with Gasteiger partial charge >= 0.3 is 0 Å². The molecule has 1 aromatic heterocycles. The zero-order valence-corrected chi connectivity index (χ0v) is 21.9. The fourth-order valence-corrected chi connectivity index (χ4v) is 4.77. The van der Waals surface area contributed by atoms with Crippen LogP contribution in [-0.4, -0.2) is 34.7 Å². The monoisotopic (exact) mass is 522 g/mol. The Morgan fingerprint density at radius 3 is 2.51 bits per heavy atom. The number of alkyl halides is 1. The molecule has 0 bridgehead atoms. The van der Waals surface area contributed by atoms with E-state index in [-0.39, 0.29) is 18.9 Å². The molecule has 0 unspecified atom stereocenters. The Bertz CT molecular complexity index is 1260. The summed E-state index contributed by atoms with van der Waals surface area (Å²) in [7, 11) is 1.87. The molecule has 1 saturated heterocycles. The first-order valence-electron chi connectivity index (χ1n) is 11.7. The Balaban J connectivity index is 1.62. The van der Waals surface area contributed by atoms with Crippen molar-refractivity contribution in [3.8, 4) is 0 Å². The summed E-state index contributed by atoms with van der Waals surface area (Å²) in [4.78, 5) is 19.0. The zero-order chi connectivity index (χ0) is 25.5. The number of aromatic nitrogens is 2. The van der Waals surface area contributed by atoms with Crippen LogP contribution in [0.25, 0.3) is 11.0 Å². The minimum atomic E-state index is -0.769. The summed E-state index contributed by atoms with van der Waals surface area (Å²) in [5.41, 5.74) is 2.52. The number of nitrogens with zero attached hydrogens (tertiary/aromatic N) is 3. The summed E-state index contributed by atoms with van der Waals surface area (Å²) < 4.78 is 30.9. The van der Waals surface area contributed by atoms with E-state index in [2.05, 4.69) is 10.2 Å². The molecule has 4 rings (SSSR count). The number of nitrogens with one attached hydrogen (secondary N) is 1. The summed E-state index contributed by atoms with van der Waals surface area (Å²) in [5, 5.41) is 3.64. The molecule has 2 aromatic carbocycles. The highest BCUT2D eigenvalue weighted by atomic mass is 35.5. The molecule has 1 N–H and O–H groups in total. The largest absolute Gasteiger partial charge is 0.370 e. The number of benzene rings is 2. The number of imidazole rings is 1. The van der Waals surface area contributed by atoms with E-state index < -0.39 is 17.4 Å². The van der Waals surface area contributed by atoms with Gasteiger partial charge in [0.15, 0.2) is 0 Å². The Morgan fingerprint density at radius 1 is 1.17 bits per heavy atom. The van der Waals surface area contributed by atoms with Crippen molar-refractivity contribution in [3.05, 3.63) is 57.1 Å². The van der Waals surface area contributed by atoms with Gasteiger partial charge in [0, 0.05) is 54.7 Å². The van der Waals surface area contributed by atoms with Crippen LogP contribution in [0.3, 0.4) is 0 Å². The van der Waals surface area contributed by atoms with Crippen LogP contribution in [-0.2, 0) is 24.8 Å². The first-order chi connectivity index (χ1) is 16.5. The highest BCUT2D eigenvalue weighted by Crippen LogP contribution is 2.34. The van der Waals surface area contributed by atoms with E-state index in [1.807, 2.05) is 17.7 Å². The fraction of sp³-hybridized carbons (Fsp3) is 0.462. The molecule has 0 spiro atoms. The number of piperidine rings is 1. The molecule has 0 atom stereocenters. The summed E-state index contributed by atoms with van der Waals surface area (Å²) in [6.07, 6.45) is 0.371. The quantitative estimate of drug-likeness (QED) is 0.433. The molecule has 1 aliphatic heterocycles. The van der Waals surface area contributed by atoms with Crippen LogP contribution in [0.4, 0.5) is 14.5 Å². The van der Waals surface area contributed by atoms with E-state index in [9.17, 15) is 9.18 Å². The molecular formula is C26H30Cl2F2N4O. The number of amides is 1. The molecule has 1 fully saturated rings. The zero-order valence-electron chi connectivity index (χ0n) is 20.4. The molecule has 0 saturated carbocycles. The van der Waals surface area contributed by atoms with Crippen LogP contribution < -0.4 is 10.2 Å². The van der Waals surface area contributed by atoms with Crippen LogP contribution in [0.5, 0.6) is 0 Å². The number of fused-ring (bicyclic) bond motifs is 1. The van der Waals surface area contributed by atoms with Crippen LogP contribution >= 0.6 is 23.2 Å². The molecule has 5 nitrogen and oxygen atoms in total. The van der Waals surface area contributed by atoms with Crippen LogP contribution in [0.1, 0.15) is 50.6 Å². The maximum atomic E-state index is 15.4. The van der Waals surface area contributed by atoms with E-state index in [0.717, 1.165) is 11.2 Å². The number of hydrogen-bond acceptors (Lipinski definition) is 3. The van der Waals surface area contributed by atoms with Gasteiger partial charge in [-0.3, -0.25) is 4.79 Å². The molecule has 35 heavy (non-hydrogen) atoms. The second kappa shape index (κ2) is 9.94. The number of rotatable bonds is 5. The third-order valence-corrected chi connectivity index (χ3v) is 7.19. The standard InChI is InChI=1S/C26H30Cl2F2N4O/c1-26(2,3)25(35)31-14-15-5-6-18(27)17(24(15)30)11-23-32-20-12-19(28)21(13-22(20)33(23)4)34-9-7-16(29)8-10-34/h5-6,12-13,16H,7-11,14H2,1-4H3,(H,31,35). The summed E-state index contributed by atoms with van der Waals surface area (Å²) in [6, 6.07) is 6.99. The second-order valence-corrected chi connectivity index (χ2v) is 11.0. The van der Waals surface area contributed by atoms with Gasteiger partial charge in [0.1, 0.15) is 17.8 Å². The van der Waals surface area contributed by atoms with E-state index in [1.165, 1.54) is 0 Å². The van der Waals surface area contributed by atoms with Crippen LogP contribution in [0.2, 0.25) is 10.0 Å². The minimum Gasteiger partial charge on any atom is -0.370 e. The number of carbonyl (C=O) groups excluding carboxylic acids is 1. The van der Waals surface area contributed by atoms with Gasteiger partial charge in [0.2, 0.25) is 5.91 Å². The number of halogens is 4. The van der Waals surface area contributed by atoms with Crippen molar-refractivity contribution in [2.24, 2.45) is 12.5 Å². The molecular weight excluding hydrogens is 493 g/mol. The minimum absolute atomic E-state index is 0.0726. The molecule has 9 heteroatoms. The van der Waals surface area contributed by atoms with E-state index in [0.29, 0.717) is 58.4 Å². The fourth-order valence-electron chi connectivity index (χ4n) is 4.28. The van der Waals surface area contributed by atoms with Gasteiger partial charge in [-0.1, -0.05) is 50.0 Å². The topological polar surface area (TPSA) is 50.2 Å². The van der Waals surface area contributed by atoms with Crippen molar-refractivity contribution < 1.29 is 13.6 Å². The maximum Gasteiger partial charge on any atom is 0.225 e. The second-order valence-electron chi connectivity index (χ2n) is 10.1. The van der Waals surface area contributed by atoms with E-state index >= 15 is 4.39 Å². The number of anilines is 1. The third kappa shape index (κ3) is 5.41. The van der Waals surface area contributed by atoms with Gasteiger partial charge in [-0.2, -0.15) is 0 Å². The lowest BCUT2D eigenvalue weighted by Crippen LogP contribution is -2.34. The lowest BCUT2D eigenvalue weighted by molar-refractivity contribution is -0.128. The van der Waals surface area contributed by atoms with E-state index in [1.54, 1.807) is 39.0 Å². The molecule has 2 heterocycles. The molecule has 0 aliphatic carbocycles. The van der Waals surface area contributed by atoms with E-state index in [4.69, 9.17) is 28.2 Å². The molecule has 3 aromatic rings.